The largest absolute Gasteiger partial charge is 0.391 e. The van der Waals surface area contributed by atoms with Crippen LogP contribution in [-0.4, -0.2) is 23.8 Å². The third-order valence-electron chi connectivity index (χ3n) is 3.25. The Morgan fingerprint density at radius 3 is 2.88 bits per heavy atom. The van der Waals surface area contributed by atoms with Crippen molar-refractivity contribution in [1.29, 1.82) is 0 Å². The highest BCUT2D eigenvalue weighted by Gasteiger charge is 2.22. The highest BCUT2D eigenvalue weighted by Crippen LogP contribution is 2.17. The standard InChI is InChI=1S/C13H17F2NO/c14-10-4-5-11(15)9(7-10)8-13(17)12-3-1-2-6-16-12/h4-5,7,12-13,16-17H,1-3,6,8H2. The maximum Gasteiger partial charge on any atom is 0.126 e. The first-order valence-corrected chi connectivity index (χ1v) is 6.02. The summed E-state index contributed by atoms with van der Waals surface area (Å²) in [5, 5.41) is 13.2. The summed E-state index contributed by atoms with van der Waals surface area (Å²) in [7, 11) is 0. The second kappa shape index (κ2) is 5.56. The molecule has 0 radical (unpaired) electrons. The van der Waals surface area contributed by atoms with Gasteiger partial charge in [0.25, 0.3) is 0 Å². The Labute approximate surface area is 99.7 Å². The summed E-state index contributed by atoms with van der Waals surface area (Å²) in [4.78, 5) is 0. The average molecular weight is 241 g/mol. The van der Waals surface area contributed by atoms with Crippen molar-refractivity contribution in [3.8, 4) is 0 Å². The molecule has 1 aromatic rings. The molecule has 2 unspecified atom stereocenters. The van der Waals surface area contributed by atoms with Crippen LogP contribution in [0.4, 0.5) is 8.78 Å². The van der Waals surface area contributed by atoms with Crippen LogP contribution in [0.3, 0.4) is 0 Å². The molecule has 0 amide bonds. The lowest BCUT2D eigenvalue weighted by atomic mass is 9.95. The lowest BCUT2D eigenvalue weighted by Crippen LogP contribution is -2.44. The first kappa shape index (κ1) is 12.5. The zero-order valence-corrected chi connectivity index (χ0v) is 9.63. The van der Waals surface area contributed by atoms with Crippen molar-refractivity contribution in [3.63, 3.8) is 0 Å². The van der Waals surface area contributed by atoms with Crippen LogP contribution in [-0.2, 0) is 6.42 Å². The van der Waals surface area contributed by atoms with E-state index in [1.54, 1.807) is 0 Å². The van der Waals surface area contributed by atoms with E-state index in [0.717, 1.165) is 44.0 Å². The van der Waals surface area contributed by atoms with Crippen LogP contribution in [0.5, 0.6) is 0 Å². The molecule has 0 aliphatic carbocycles. The molecule has 1 saturated heterocycles. The van der Waals surface area contributed by atoms with Crippen LogP contribution in [0.1, 0.15) is 24.8 Å². The monoisotopic (exact) mass is 241 g/mol. The van der Waals surface area contributed by atoms with Gasteiger partial charge in [-0.15, -0.1) is 0 Å². The second-order valence-electron chi connectivity index (χ2n) is 4.56. The Hall–Kier alpha value is -1.00. The number of hydrogen-bond acceptors (Lipinski definition) is 2. The van der Waals surface area contributed by atoms with Crippen molar-refractivity contribution in [2.45, 2.75) is 37.8 Å². The fraction of sp³-hybridized carbons (Fsp3) is 0.538. The third kappa shape index (κ3) is 3.23. The van der Waals surface area contributed by atoms with Crippen molar-refractivity contribution < 1.29 is 13.9 Å². The van der Waals surface area contributed by atoms with Crippen molar-refractivity contribution >= 4 is 0 Å². The molecule has 94 valence electrons. The maximum atomic E-state index is 13.4. The van der Waals surface area contributed by atoms with Crippen molar-refractivity contribution in [2.24, 2.45) is 0 Å². The van der Waals surface area contributed by atoms with Crippen LogP contribution in [0.15, 0.2) is 18.2 Å². The van der Waals surface area contributed by atoms with E-state index in [2.05, 4.69) is 5.32 Å². The molecule has 0 aromatic heterocycles. The van der Waals surface area contributed by atoms with Gasteiger partial charge in [0.05, 0.1) is 6.10 Å². The molecule has 1 fully saturated rings. The van der Waals surface area contributed by atoms with E-state index in [0.29, 0.717) is 0 Å². The summed E-state index contributed by atoms with van der Waals surface area (Å²) in [6.45, 7) is 0.882. The van der Waals surface area contributed by atoms with E-state index in [1.807, 2.05) is 0 Å². The van der Waals surface area contributed by atoms with Crippen molar-refractivity contribution in [1.82, 2.24) is 5.32 Å². The molecule has 1 aliphatic rings. The molecule has 0 bridgehead atoms. The van der Waals surface area contributed by atoms with Crippen molar-refractivity contribution in [2.75, 3.05) is 6.54 Å². The molecule has 0 spiro atoms. The van der Waals surface area contributed by atoms with Gasteiger partial charge in [0.1, 0.15) is 11.6 Å². The first-order valence-electron chi connectivity index (χ1n) is 6.02. The van der Waals surface area contributed by atoms with Crippen LogP contribution in [0.2, 0.25) is 0 Å². The average Bonchev–Trinajstić information content (AvgIpc) is 2.35. The van der Waals surface area contributed by atoms with Gasteiger partial charge in [0, 0.05) is 12.5 Å². The number of benzene rings is 1. The SMILES string of the molecule is OC(Cc1cc(F)ccc1F)C1CCCCN1. The molecular weight excluding hydrogens is 224 g/mol. The predicted octanol–water partition coefficient (Wildman–Crippen LogP) is 2.01. The number of piperidine rings is 1. The second-order valence-corrected chi connectivity index (χ2v) is 4.56. The molecule has 1 aliphatic heterocycles. The van der Waals surface area contributed by atoms with E-state index >= 15 is 0 Å². The number of halogens is 2. The molecule has 2 nitrogen and oxygen atoms in total. The van der Waals surface area contributed by atoms with Gasteiger partial charge < -0.3 is 10.4 Å². The summed E-state index contributed by atoms with van der Waals surface area (Å²) in [5.74, 6) is -0.925. The molecule has 2 N–H and O–H groups in total. The van der Waals surface area contributed by atoms with E-state index in [9.17, 15) is 13.9 Å². The lowest BCUT2D eigenvalue weighted by molar-refractivity contribution is 0.112. The zero-order chi connectivity index (χ0) is 12.3. The van der Waals surface area contributed by atoms with Gasteiger partial charge in [-0.1, -0.05) is 6.42 Å². The smallest absolute Gasteiger partial charge is 0.126 e. The Bertz CT molecular complexity index is 378. The van der Waals surface area contributed by atoms with Gasteiger partial charge in [-0.3, -0.25) is 0 Å². The van der Waals surface area contributed by atoms with Crippen LogP contribution in [0.25, 0.3) is 0 Å². The number of aliphatic hydroxyl groups is 1. The molecule has 1 aromatic carbocycles. The maximum absolute atomic E-state index is 13.4. The van der Waals surface area contributed by atoms with Gasteiger partial charge in [-0.2, -0.15) is 0 Å². The van der Waals surface area contributed by atoms with Gasteiger partial charge in [-0.25, -0.2) is 8.78 Å². The van der Waals surface area contributed by atoms with E-state index in [4.69, 9.17) is 0 Å². The van der Waals surface area contributed by atoms with Gasteiger partial charge in [0.15, 0.2) is 0 Å². The summed E-state index contributed by atoms with van der Waals surface area (Å²) in [5.41, 5.74) is 0.241. The van der Waals surface area contributed by atoms with Gasteiger partial charge in [0.2, 0.25) is 0 Å². The molecule has 1 heterocycles. The fourth-order valence-electron chi connectivity index (χ4n) is 2.27. The highest BCUT2D eigenvalue weighted by atomic mass is 19.1. The number of nitrogens with one attached hydrogen (secondary N) is 1. The highest BCUT2D eigenvalue weighted by molar-refractivity contribution is 5.19. The Morgan fingerprint density at radius 2 is 2.18 bits per heavy atom. The minimum absolute atomic E-state index is 0.00795. The molecular formula is C13H17F2NO. The normalized spacial score (nSPS) is 22.4. The minimum atomic E-state index is -0.661. The zero-order valence-electron chi connectivity index (χ0n) is 9.63. The Morgan fingerprint density at radius 1 is 1.35 bits per heavy atom. The lowest BCUT2D eigenvalue weighted by Gasteiger charge is -2.28. The first-order chi connectivity index (χ1) is 8.16. The molecule has 2 rings (SSSR count). The molecule has 17 heavy (non-hydrogen) atoms. The van der Waals surface area contributed by atoms with E-state index in [-0.39, 0.29) is 18.0 Å². The van der Waals surface area contributed by atoms with Crippen LogP contribution >= 0.6 is 0 Å². The van der Waals surface area contributed by atoms with Crippen molar-refractivity contribution in [3.05, 3.63) is 35.4 Å². The summed E-state index contributed by atoms with van der Waals surface area (Å²) in [6.07, 6.45) is 2.56. The van der Waals surface area contributed by atoms with Crippen LogP contribution in [0, 0.1) is 11.6 Å². The van der Waals surface area contributed by atoms with E-state index < -0.39 is 17.7 Å². The fourth-order valence-corrected chi connectivity index (χ4v) is 2.27. The van der Waals surface area contributed by atoms with Crippen LogP contribution < -0.4 is 5.32 Å². The summed E-state index contributed by atoms with van der Waals surface area (Å²) >= 11 is 0. The number of aliphatic hydroxyl groups excluding tert-OH is 1. The minimum Gasteiger partial charge on any atom is -0.391 e. The molecule has 2 atom stereocenters. The number of hydrogen-bond donors (Lipinski definition) is 2. The van der Waals surface area contributed by atoms with Gasteiger partial charge >= 0.3 is 0 Å². The Kier molecular flexibility index (Phi) is 4.07. The quantitative estimate of drug-likeness (QED) is 0.848. The molecule has 4 heteroatoms. The Balaban J connectivity index is 2.01. The number of rotatable bonds is 3. The predicted molar refractivity (Wildman–Crippen MR) is 61.7 cm³/mol. The summed E-state index contributed by atoms with van der Waals surface area (Å²) < 4.78 is 26.4. The van der Waals surface area contributed by atoms with E-state index in [1.165, 1.54) is 0 Å². The summed E-state index contributed by atoms with van der Waals surface area (Å²) in [6, 6.07) is 3.34. The van der Waals surface area contributed by atoms with Gasteiger partial charge in [-0.05, 0) is 43.1 Å². The third-order valence-corrected chi connectivity index (χ3v) is 3.25. The topological polar surface area (TPSA) is 32.3 Å². The molecule has 0 saturated carbocycles.